The van der Waals surface area contributed by atoms with E-state index in [9.17, 15) is 9.59 Å². The van der Waals surface area contributed by atoms with Crippen molar-refractivity contribution in [3.63, 3.8) is 0 Å². The summed E-state index contributed by atoms with van der Waals surface area (Å²) in [5.41, 5.74) is 2.91. The number of hydrogen-bond acceptors (Lipinski definition) is 5. The Morgan fingerprint density at radius 2 is 1.64 bits per heavy atom. The van der Waals surface area contributed by atoms with Gasteiger partial charge in [-0.15, -0.1) is 0 Å². The average molecular weight is 448 g/mol. The highest BCUT2D eigenvalue weighted by Gasteiger charge is 2.12. The van der Waals surface area contributed by atoms with E-state index in [1.807, 2.05) is 43.3 Å². The predicted molar refractivity (Wildman–Crippen MR) is 130 cm³/mol. The van der Waals surface area contributed by atoms with Crippen molar-refractivity contribution in [2.75, 3.05) is 37.5 Å². The molecule has 3 aromatic rings. The fraction of sp³-hybridized carbons (Fsp3) is 0.231. The van der Waals surface area contributed by atoms with Gasteiger partial charge in [-0.05, 0) is 55.0 Å². The predicted octanol–water partition coefficient (Wildman–Crippen LogP) is 4.25. The number of benzene rings is 3. The molecule has 0 aliphatic carbocycles. The van der Waals surface area contributed by atoms with Crippen LogP contribution in [0.2, 0.25) is 0 Å². The van der Waals surface area contributed by atoms with Crippen molar-refractivity contribution in [2.24, 2.45) is 0 Å². The lowest BCUT2D eigenvalue weighted by Gasteiger charge is -2.15. The highest BCUT2D eigenvalue weighted by Crippen LogP contribution is 2.17. The molecule has 0 spiro atoms. The number of nitrogens with one attached hydrogen (secondary N) is 3. The monoisotopic (exact) mass is 447 g/mol. The van der Waals surface area contributed by atoms with Gasteiger partial charge < -0.3 is 25.4 Å². The van der Waals surface area contributed by atoms with Crippen LogP contribution in [0.25, 0.3) is 0 Å². The summed E-state index contributed by atoms with van der Waals surface area (Å²) >= 11 is 0. The summed E-state index contributed by atoms with van der Waals surface area (Å²) in [6.45, 7) is 2.99. The molecule has 0 aromatic heterocycles. The fourth-order valence-electron chi connectivity index (χ4n) is 3.14. The number of carbonyl (C=O) groups excluding carboxylic acids is 2. The Labute approximate surface area is 194 Å². The molecule has 0 saturated heterocycles. The Morgan fingerprint density at radius 3 is 2.36 bits per heavy atom. The van der Waals surface area contributed by atoms with E-state index in [-0.39, 0.29) is 24.4 Å². The van der Waals surface area contributed by atoms with Gasteiger partial charge in [0.15, 0.2) is 0 Å². The highest BCUT2D eigenvalue weighted by molar-refractivity contribution is 5.96. The Morgan fingerprint density at radius 1 is 0.879 bits per heavy atom. The maximum absolute atomic E-state index is 12.6. The molecular formula is C26H29N3O4. The van der Waals surface area contributed by atoms with Crippen LogP contribution in [0.3, 0.4) is 0 Å². The van der Waals surface area contributed by atoms with Gasteiger partial charge in [0.05, 0.1) is 19.2 Å². The molecule has 0 saturated carbocycles. The van der Waals surface area contributed by atoms with Crippen molar-refractivity contribution < 1.29 is 19.1 Å². The van der Waals surface area contributed by atoms with Gasteiger partial charge in [-0.3, -0.25) is 9.59 Å². The summed E-state index contributed by atoms with van der Waals surface area (Å²) in [5.74, 6) is 0.336. The van der Waals surface area contributed by atoms with Gasteiger partial charge in [0, 0.05) is 24.0 Å². The molecule has 0 heterocycles. The van der Waals surface area contributed by atoms with Gasteiger partial charge >= 0.3 is 0 Å². The first-order valence-electron chi connectivity index (χ1n) is 10.8. The largest absolute Gasteiger partial charge is 0.491 e. The van der Waals surface area contributed by atoms with Crippen LogP contribution in [0, 0.1) is 0 Å². The molecule has 0 fully saturated rings. The maximum atomic E-state index is 12.6. The molecule has 0 radical (unpaired) electrons. The molecule has 7 heteroatoms. The third-order valence-corrected chi connectivity index (χ3v) is 4.92. The first kappa shape index (κ1) is 23.8. The molecule has 172 valence electrons. The minimum Gasteiger partial charge on any atom is -0.491 e. The first-order chi connectivity index (χ1) is 16.0. The zero-order valence-corrected chi connectivity index (χ0v) is 18.8. The van der Waals surface area contributed by atoms with Gasteiger partial charge in [0.1, 0.15) is 12.4 Å². The Hall–Kier alpha value is -3.84. The summed E-state index contributed by atoms with van der Waals surface area (Å²) in [5, 5.41) is 8.88. The molecule has 0 bridgehead atoms. The molecule has 7 nitrogen and oxygen atoms in total. The number of hydrogen-bond donors (Lipinski definition) is 3. The summed E-state index contributed by atoms with van der Waals surface area (Å²) < 4.78 is 10.5. The number of rotatable bonds is 11. The lowest BCUT2D eigenvalue weighted by atomic mass is 10.1. The summed E-state index contributed by atoms with van der Waals surface area (Å²) in [7, 11) is 1.62. The van der Waals surface area contributed by atoms with Crippen LogP contribution in [0.4, 0.5) is 11.4 Å². The number of anilines is 2. The molecule has 3 N–H and O–H groups in total. The lowest BCUT2D eigenvalue weighted by Crippen LogP contribution is -2.26. The number of amides is 2. The second kappa shape index (κ2) is 12.3. The number of methoxy groups -OCH3 is 1. The van der Waals surface area contributed by atoms with E-state index in [2.05, 4.69) is 16.0 Å². The third-order valence-electron chi connectivity index (χ3n) is 4.92. The van der Waals surface area contributed by atoms with Crippen LogP contribution in [0.5, 0.6) is 5.75 Å². The zero-order chi connectivity index (χ0) is 23.5. The van der Waals surface area contributed by atoms with Gasteiger partial charge in [-0.25, -0.2) is 0 Å². The van der Waals surface area contributed by atoms with E-state index in [0.717, 1.165) is 5.56 Å². The minimum absolute atomic E-state index is 0.0670. The zero-order valence-electron chi connectivity index (χ0n) is 18.8. The molecule has 1 atom stereocenters. The van der Waals surface area contributed by atoms with Gasteiger partial charge in [0.2, 0.25) is 5.91 Å². The topological polar surface area (TPSA) is 88.7 Å². The molecule has 0 aliphatic heterocycles. The Bertz CT molecular complexity index is 1040. The average Bonchev–Trinajstić information content (AvgIpc) is 2.84. The number of carbonyl (C=O) groups is 2. The van der Waals surface area contributed by atoms with E-state index < -0.39 is 0 Å². The van der Waals surface area contributed by atoms with Gasteiger partial charge in [0.25, 0.3) is 5.91 Å². The molecule has 3 rings (SSSR count). The second-order valence-electron chi connectivity index (χ2n) is 7.45. The Kier molecular flexibility index (Phi) is 8.85. The van der Waals surface area contributed by atoms with Crippen LogP contribution in [0.1, 0.15) is 28.9 Å². The molecule has 0 aliphatic rings. The van der Waals surface area contributed by atoms with Crippen LogP contribution >= 0.6 is 0 Å². The summed E-state index contributed by atoms with van der Waals surface area (Å²) in [4.78, 5) is 24.9. The van der Waals surface area contributed by atoms with E-state index in [1.165, 1.54) is 0 Å². The third kappa shape index (κ3) is 7.66. The highest BCUT2D eigenvalue weighted by atomic mass is 16.5. The smallest absolute Gasteiger partial charge is 0.251 e. The number of ether oxygens (including phenoxy) is 2. The molecule has 2 amide bonds. The molecular weight excluding hydrogens is 418 g/mol. The normalized spacial score (nSPS) is 11.3. The lowest BCUT2D eigenvalue weighted by molar-refractivity contribution is -0.114. The van der Waals surface area contributed by atoms with E-state index in [4.69, 9.17) is 9.47 Å². The summed E-state index contributed by atoms with van der Waals surface area (Å²) in [6.07, 6.45) is 0. The van der Waals surface area contributed by atoms with E-state index in [1.54, 1.807) is 49.6 Å². The Balaban J connectivity index is 1.48. The molecule has 3 aromatic carbocycles. The fourth-order valence-corrected chi connectivity index (χ4v) is 3.14. The standard InChI is InChI=1S/C26H29N3O4/c1-19(20-7-4-3-5-8-20)28-26(31)21-9-6-10-23(17-21)27-18-25(30)29-22-11-13-24(14-12-22)33-16-15-32-2/h3-14,17,19,27H,15-16,18H2,1-2H3,(H,28,31)(H,29,30). The van der Waals surface area contributed by atoms with Crippen molar-refractivity contribution in [1.82, 2.24) is 5.32 Å². The van der Waals surface area contributed by atoms with Crippen LogP contribution in [-0.4, -0.2) is 38.7 Å². The quantitative estimate of drug-likeness (QED) is 0.383. The van der Waals surface area contributed by atoms with Crippen LogP contribution in [-0.2, 0) is 9.53 Å². The minimum atomic E-state index is -0.199. The molecule has 33 heavy (non-hydrogen) atoms. The van der Waals surface area contributed by atoms with Crippen molar-refractivity contribution in [3.8, 4) is 5.75 Å². The first-order valence-corrected chi connectivity index (χ1v) is 10.8. The van der Waals surface area contributed by atoms with Crippen molar-refractivity contribution in [2.45, 2.75) is 13.0 Å². The van der Waals surface area contributed by atoms with Gasteiger partial charge in [-0.2, -0.15) is 0 Å². The van der Waals surface area contributed by atoms with Crippen LogP contribution < -0.4 is 20.7 Å². The maximum Gasteiger partial charge on any atom is 0.251 e. The van der Waals surface area contributed by atoms with E-state index in [0.29, 0.717) is 35.9 Å². The summed E-state index contributed by atoms with van der Waals surface area (Å²) in [6, 6.07) is 23.9. The van der Waals surface area contributed by atoms with Gasteiger partial charge in [-0.1, -0.05) is 36.4 Å². The second-order valence-corrected chi connectivity index (χ2v) is 7.45. The van der Waals surface area contributed by atoms with E-state index >= 15 is 0 Å². The van der Waals surface area contributed by atoms with Crippen molar-refractivity contribution in [1.29, 1.82) is 0 Å². The molecule has 1 unspecified atom stereocenters. The van der Waals surface area contributed by atoms with Crippen LogP contribution in [0.15, 0.2) is 78.9 Å². The SMILES string of the molecule is COCCOc1ccc(NC(=O)CNc2cccc(C(=O)NC(C)c3ccccc3)c2)cc1. The van der Waals surface area contributed by atoms with Crippen molar-refractivity contribution >= 4 is 23.2 Å². The van der Waals surface area contributed by atoms with Crippen molar-refractivity contribution in [3.05, 3.63) is 90.0 Å².